The summed E-state index contributed by atoms with van der Waals surface area (Å²) in [6.07, 6.45) is 3.87. The van der Waals surface area contributed by atoms with Gasteiger partial charge in [0.2, 0.25) is 5.91 Å². The minimum absolute atomic E-state index is 0.202. The number of carbonyl (C=O) groups is 1. The van der Waals surface area contributed by atoms with E-state index in [1.54, 1.807) is 11.3 Å². The molecule has 0 spiro atoms. The molecule has 17 heavy (non-hydrogen) atoms. The first-order valence-corrected chi connectivity index (χ1v) is 7.64. The summed E-state index contributed by atoms with van der Waals surface area (Å²) in [5.74, 6) is 0.202. The highest BCUT2D eigenvalue weighted by atomic mass is 79.9. The van der Waals surface area contributed by atoms with Crippen molar-refractivity contribution in [2.24, 2.45) is 0 Å². The summed E-state index contributed by atoms with van der Waals surface area (Å²) in [6.45, 7) is 1.79. The van der Waals surface area contributed by atoms with Crippen LogP contribution in [0.1, 0.15) is 30.6 Å². The van der Waals surface area contributed by atoms with Gasteiger partial charge in [-0.3, -0.25) is 4.79 Å². The summed E-state index contributed by atoms with van der Waals surface area (Å²) in [5, 5.41) is 8.43. The van der Waals surface area contributed by atoms with Gasteiger partial charge in [-0.1, -0.05) is 0 Å². The number of halogens is 1. The molecule has 1 heterocycles. The van der Waals surface area contributed by atoms with Crippen molar-refractivity contribution < 1.29 is 4.79 Å². The molecule has 3 nitrogen and oxygen atoms in total. The van der Waals surface area contributed by atoms with Crippen LogP contribution in [0.25, 0.3) is 0 Å². The first-order chi connectivity index (χ1) is 8.24. The monoisotopic (exact) mass is 316 g/mol. The maximum Gasteiger partial charge on any atom is 0.220 e. The molecule has 1 saturated carbocycles. The highest BCUT2D eigenvalue weighted by Gasteiger charge is 2.22. The summed E-state index contributed by atoms with van der Waals surface area (Å²) >= 11 is 5.17. The molecule has 1 aromatic rings. The topological polar surface area (TPSA) is 41.1 Å². The zero-order chi connectivity index (χ0) is 12.1. The molecular formula is C12H17BrN2OS. The van der Waals surface area contributed by atoms with E-state index in [0.717, 1.165) is 36.8 Å². The Bertz CT molecular complexity index is 376. The Labute approximate surface area is 114 Å². The third kappa shape index (κ3) is 5.19. The normalized spacial score (nSPS) is 14.9. The van der Waals surface area contributed by atoms with E-state index in [0.29, 0.717) is 12.5 Å². The second-order valence-corrected chi connectivity index (χ2v) is 6.26. The van der Waals surface area contributed by atoms with Crippen LogP contribution in [-0.2, 0) is 11.3 Å². The largest absolute Gasteiger partial charge is 0.353 e. The fourth-order valence-electron chi connectivity index (χ4n) is 1.56. The number of thiophene rings is 1. The molecule has 1 amide bonds. The van der Waals surface area contributed by atoms with Gasteiger partial charge in [-0.15, -0.1) is 11.3 Å². The van der Waals surface area contributed by atoms with Crippen LogP contribution in [0.4, 0.5) is 0 Å². The predicted molar refractivity (Wildman–Crippen MR) is 74.1 cm³/mol. The Morgan fingerprint density at radius 2 is 2.35 bits per heavy atom. The van der Waals surface area contributed by atoms with Crippen LogP contribution < -0.4 is 10.6 Å². The van der Waals surface area contributed by atoms with Crippen molar-refractivity contribution in [1.82, 2.24) is 10.6 Å². The quantitative estimate of drug-likeness (QED) is 0.759. The van der Waals surface area contributed by atoms with Gasteiger partial charge in [0, 0.05) is 33.7 Å². The van der Waals surface area contributed by atoms with Crippen LogP contribution in [0.3, 0.4) is 0 Å². The zero-order valence-electron chi connectivity index (χ0n) is 9.67. The predicted octanol–water partition coefficient (Wildman–Crippen LogP) is 2.66. The molecule has 1 fully saturated rings. The number of hydrogen-bond donors (Lipinski definition) is 2. The number of hydrogen-bond acceptors (Lipinski definition) is 3. The average molecular weight is 317 g/mol. The highest BCUT2D eigenvalue weighted by molar-refractivity contribution is 9.10. The molecule has 0 radical (unpaired) electrons. The summed E-state index contributed by atoms with van der Waals surface area (Å²) in [5.41, 5.74) is 0. The average Bonchev–Trinajstić information content (AvgIpc) is 3.00. The van der Waals surface area contributed by atoms with Gasteiger partial charge in [0.25, 0.3) is 0 Å². The van der Waals surface area contributed by atoms with Crippen molar-refractivity contribution in [3.8, 4) is 0 Å². The summed E-state index contributed by atoms with van der Waals surface area (Å²) in [6, 6.07) is 2.61. The lowest BCUT2D eigenvalue weighted by Gasteiger charge is -2.04. The highest BCUT2D eigenvalue weighted by Crippen LogP contribution is 2.19. The third-order valence-corrected chi connectivity index (χ3v) is 4.32. The van der Waals surface area contributed by atoms with Gasteiger partial charge in [-0.2, -0.15) is 0 Å². The molecule has 0 unspecified atom stereocenters. The molecule has 2 N–H and O–H groups in total. The molecule has 2 rings (SSSR count). The molecule has 0 atom stereocenters. The Kier molecular flexibility index (Phi) is 5.00. The van der Waals surface area contributed by atoms with E-state index in [1.165, 1.54) is 4.88 Å². The van der Waals surface area contributed by atoms with E-state index in [4.69, 9.17) is 0 Å². The molecule has 0 bridgehead atoms. The maximum absolute atomic E-state index is 11.4. The summed E-state index contributed by atoms with van der Waals surface area (Å²) in [4.78, 5) is 12.7. The van der Waals surface area contributed by atoms with E-state index in [-0.39, 0.29) is 5.91 Å². The number of nitrogens with one attached hydrogen (secondary N) is 2. The van der Waals surface area contributed by atoms with Crippen LogP contribution in [0, 0.1) is 0 Å². The van der Waals surface area contributed by atoms with Crippen molar-refractivity contribution in [2.75, 3.05) is 6.54 Å². The lowest BCUT2D eigenvalue weighted by atomic mass is 10.3. The van der Waals surface area contributed by atoms with Gasteiger partial charge in [-0.05, 0) is 47.8 Å². The fraction of sp³-hybridized carbons (Fsp3) is 0.583. The lowest BCUT2D eigenvalue weighted by Crippen LogP contribution is -2.26. The Morgan fingerprint density at radius 3 is 3.00 bits per heavy atom. The molecule has 1 aliphatic carbocycles. The maximum atomic E-state index is 11.4. The van der Waals surface area contributed by atoms with E-state index in [9.17, 15) is 4.79 Å². The number of amides is 1. The van der Waals surface area contributed by atoms with Gasteiger partial charge in [-0.25, -0.2) is 0 Å². The van der Waals surface area contributed by atoms with Gasteiger partial charge < -0.3 is 10.6 Å². The van der Waals surface area contributed by atoms with Crippen molar-refractivity contribution in [1.29, 1.82) is 0 Å². The third-order valence-electron chi connectivity index (χ3n) is 2.62. The molecule has 94 valence electrons. The standard InChI is InChI=1S/C12H17BrN2OS/c13-9-6-11(17-8-9)7-14-5-1-2-12(16)15-10-3-4-10/h6,8,10,14H,1-5,7H2,(H,15,16). The summed E-state index contributed by atoms with van der Waals surface area (Å²) in [7, 11) is 0. The molecule has 5 heteroatoms. The molecule has 1 aliphatic rings. The molecule has 0 aromatic carbocycles. The van der Waals surface area contributed by atoms with E-state index in [2.05, 4.69) is 38.0 Å². The lowest BCUT2D eigenvalue weighted by molar-refractivity contribution is -0.121. The van der Waals surface area contributed by atoms with Crippen molar-refractivity contribution in [3.05, 3.63) is 20.8 Å². The van der Waals surface area contributed by atoms with Crippen molar-refractivity contribution in [3.63, 3.8) is 0 Å². The van der Waals surface area contributed by atoms with Gasteiger partial charge in [0.1, 0.15) is 0 Å². The smallest absolute Gasteiger partial charge is 0.220 e. The second kappa shape index (κ2) is 6.52. The Morgan fingerprint density at radius 1 is 1.53 bits per heavy atom. The van der Waals surface area contributed by atoms with Crippen molar-refractivity contribution >= 4 is 33.2 Å². The Balaban J connectivity index is 1.49. The van der Waals surface area contributed by atoms with E-state index >= 15 is 0 Å². The Hall–Kier alpha value is -0.390. The fourth-order valence-corrected chi connectivity index (χ4v) is 2.98. The van der Waals surface area contributed by atoms with E-state index < -0.39 is 0 Å². The summed E-state index contributed by atoms with van der Waals surface area (Å²) < 4.78 is 1.14. The number of rotatable bonds is 7. The molecular weight excluding hydrogens is 300 g/mol. The second-order valence-electron chi connectivity index (χ2n) is 4.35. The SMILES string of the molecule is O=C(CCCNCc1cc(Br)cs1)NC1CC1. The number of carbonyl (C=O) groups excluding carboxylic acids is 1. The minimum atomic E-state index is 0.202. The first kappa shape index (κ1) is 13.1. The van der Waals surface area contributed by atoms with Crippen LogP contribution >= 0.6 is 27.3 Å². The van der Waals surface area contributed by atoms with Crippen molar-refractivity contribution in [2.45, 2.75) is 38.3 Å². The zero-order valence-corrected chi connectivity index (χ0v) is 12.1. The van der Waals surface area contributed by atoms with Gasteiger partial charge >= 0.3 is 0 Å². The van der Waals surface area contributed by atoms with E-state index in [1.807, 2.05) is 0 Å². The van der Waals surface area contributed by atoms with Crippen LogP contribution in [-0.4, -0.2) is 18.5 Å². The van der Waals surface area contributed by atoms with Gasteiger partial charge in [0.05, 0.1) is 0 Å². The van der Waals surface area contributed by atoms with Crippen LogP contribution in [0.15, 0.2) is 15.9 Å². The molecule has 0 aliphatic heterocycles. The molecule has 0 saturated heterocycles. The molecule has 1 aromatic heterocycles. The van der Waals surface area contributed by atoms with Crippen LogP contribution in [0.5, 0.6) is 0 Å². The van der Waals surface area contributed by atoms with Gasteiger partial charge in [0.15, 0.2) is 0 Å². The minimum Gasteiger partial charge on any atom is -0.353 e. The first-order valence-electron chi connectivity index (χ1n) is 5.97. The van der Waals surface area contributed by atoms with Crippen LogP contribution in [0.2, 0.25) is 0 Å².